The Hall–Kier alpha value is -1.51. The second kappa shape index (κ2) is 7.82. The van der Waals surface area contributed by atoms with Crippen LogP contribution in [-0.2, 0) is 11.2 Å². The second-order valence-corrected chi connectivity index (χ2v) is 4.97. The molecule has 1 rings (SSSR count). The lowest BCUT2D eigenvalue weighted by Gasteiger charge is -2.16. The van der Waals surface area contributed by atoms with Gasteiger partial charge >= 0.3 is 5.97 Å². The van der Waals surface area contributed by atoms with E-state index in [0.717, 1.165) is 18.4 Å². The zero-order chi connectivity index (χ0) is 14.3. The van der Waals surface area contributed by atoms with Gasteiger partial charge in [-0.3, -0.25) is 0 Å². The third-order valence-corrected chi connectivity index (χ3v) is 2.67. The lowest BCUT2D eigenvalue weighted by atomic mass is 10.0. The lowest BCUT2D eigenvalue weighted by Crippen LogP contribution is -2.12. The van der Waals surface area contributed by atoms with Crippen LogP contribution in [0.3, 0.4) is 0 Å². The molecule has 19 heavy (non-hydrogen) atoms. The van der Waals surface area contributed by atoms with Gasteiger partial charge in [-0.15, -0.1) is 0 Å². The number of carbonyl (C=O) groups is 1. The Morgan fingerprint density at radius 1 is 1.26 bits per heavy atom. The summed E-state index contributed by atoms with van der Waals surface area (Å²) in [5.74, 6) is 0.806. The molecule has 3 heteroatoms. The van der Waals surface area contributed by atoms with Crippen LogP contribution in [0.2, 0.25) is 0 Å². The summed E-state index contributed by atoms with van der Waals surface area (Å²) in [4.78, 5) is 12.0. The third-order valence-electron chi connectivity index (χ3n) is 2.67. The van der Waals surface area contributed by atoms with Gasteiger partial charge in [-0.2, -0.15) is 0 Å². The maximum Gasteiger partial charge on any atom is 0.341 e. The van der Waals surface area contributed by atoms with Crippen LogP contribution in [-0.4, -0.2) is 19.2 Å². The van der Waals surface area contributed by atoms with Crippen molar-refractivity contribution in [3.8, 4) is 5.75 Å². The average molecular weight is 264 g/mol. The summed E-state index contributed by atoms with van der Waals surface area (Å²) in [5.41, 5.74) is 1.61. The molecule has 0 amide bonds. The molecule has 0 unspecified atom stereocenters. The van der Waals surface area contributed by atoms with Gasteiger partial charge in [0.25, 0.3) is 0 Å². The Bertz CT molecular complexity index is 410. The molecule has 0 aromatic heterocycles. The summed E-state index contributed by atoms with van der Waals surface area (Å²) in [6.45, 7) is 9.08. The van der Waals surface area contributed by atoms with E-state index in [1.807, 2.05) is 19.1 Å². The van der Waals surface area contributed by atoms with Gasteiger partial charge in [-0.1, -0.05) is 39.3 Å². The first-order valence-corrected chi connectivity index (χ1v) is 7.01. The van der Waals surface area contributed by atoms with Crippen molar-refractivity contribution in [2.45, 2.75) is 40.5 Å². The van der Waals surface area contributed by atoms with E-state index in [2.05, 4.69) is 20.8 Å². The second-order valence-electron chi connectivity index (χ2n) is 4.97. The molecular formula is C16H24O3. The van der Waals surface area contributed by atoms with Gasteiger partial charge in [0.15, 0.2) is 0 Å². The van der Waals surface area contributed by atoms with Gasteiger partial charge in [-0.25, -0.2) is 4.79 Å². The van der Waals surface area contributed by atoms with E-state index in [0.29, 0.717) is 30.4 Å². The largest absolute Gasteiger partial charge is 0.492 e. The van der Waals surface area contributed by atoms with Crippen LogP contribution >= 0.6 is 0 Å². The van der Waals surface area contributed by atoms with Crippen molar-refractivity contribution < 1.29 is 14.3 Å². The number of ether oxygens (including phenoxy) is 2. The molecule has 0 radical (unpaired) electrons. The van der Waals surface area contributed by atoms with Gasteiger partial charge in [-0.05, 0) is 30.9 Å². The summed E-state index contributed by atoms with van der Waals surface area (Å²) in [6, 6.07) is 5.67. The van der Waals surface area contributed by atoms with E-state index < -0.39 is 0 Å². The van der Waals surface area contributed by atoms with Crippen LogP contribution in [0.4, 0.5) is 0 Å². The highest BCUT2D eigenvalue weighted by Gasteiger charge is 2.17. The molecular weight excluding hydrogens is 240 g/mol. The number of carbonyl (C=O) groups excluding carboxylic acids is 1. The minimum Gasteiger partial charge on any atom is -0.492 e. The summed E-state index contributed by atoms with van der Waals surface area (Å²) in [5, 5.41) is 0. The molecule has 0 heterocycles. The third kappa shape index (κ3) is 4.58. The van der Waals surface area contributed by atoms with Crippen molar-refractivity contribution in [1.82, 2.24) is 0 Å². The van der Waals surface area contributed by atoms with Crippen LogP contribution in [0, 0.1) is 5.92 Å². The number of hydrogen-bond donors (Lipinski definition) is 0. The number of esters is 1. The van der Waals surface area contributed by atoms with Gasteiger partial charge in [0, 0.05) is 0 Å². The zero-order valence-corrected chi connectivity index (χ0v) is 12.4. The molecule has 0 aliphatic rings. The fraction of sp³-hybridized carbons (Fsp3) is 0.562. The van der Waals surface area contributed by atoms with E-state index in [4.69, 9.17) is 9.47 Å². The van der Waals surface area contributed by atoms with E-state index in [1.54, 1.807) is 6.07 Å². The fourth-order valence-corrected chi connectivity index (χ4v) is 1.84. The quantitative estimate of drug-likeness (QED) is 0.702. The fourth-order valence-electron chi connectivity index (χ4n) is 1.84. The summed E-state index contributed by atoms with van der Waals surface area (Å²) in [7, 11) is 0. The summed E-state index contributed by atoms with van der Waals surface area (Å²) < 4.78 is 10.9. The molecule has 0 spiro atoms. The minimum absolute atomic E-state index is 0.306. The van der Waals surface area contributed by atoms with Crippen LogP contribution < -0.4 is 4.74 Å². The molecule has 0 aliphatic carbocycles. The average Bonchev–Trinajstić information content (AvgIpc) is 2.37. The Kier molecular flexibility index (Phi) is 6.40. The topological polar surface area (TPSA) is 35.5 Å². The van der Waals surface area contributed by atoms with Gasteiger partial charge in [0.05, 0.1) is 13.2 Å². The number of aryl methyl sites for hydroxylation is 1. The molecule has 0 aliphatic heterocycles. The molecule has 0 saturated carbocycles. The normalized spacial score (nSPS) is 10.6. The molecule has 1 aromatic rings. The van der Waals surface area contributed by atoms with Crippen LogP contribution in [0.5, 0.6) is 5.75 Å². The predicted octanol–water partition coefficient (Wildman–Crippen LogP) is 3.85. The molecule has 106 valence electrons. The summed E-state index contributed by atoms with van der Waals surface area (Å²) in [6.07, 6.45) is 1.92. The first-order chi connectivity index (χ1) is 9.10. The Labute approximate surface area is 115 Å². The molecule has 0 fully saturated rings. The lowest BCUT2D eigenvalue weighted by molar-refractivity contribution is 0.0520. The van der Waals surface area contributed by atoms with Gasteiger partial charge in [0.1, 0.15) is 11.3 Å². The molecule has 1 aromatic carbocycles. The monoisotopic (exact) mass is 264 g/mol. The minimum atomic E-state index is -0.306. The van der Waals surface area contributed by atoms with Crippen molar-refractivity contribution in [3.05, 3.63) is 29.3 Å². The summed E-state index contributed by atoms with van der Waals surface area (Å²) >= 11 is 0. The van der Waals surface area contributed by atoms with Crippen molar-refractivity contribution >= 4 is 5.97 Å². The standard InChI is InChI=1S/C16H24O3/c1-5-8-13-9-7-10-14(16(17)18-6-2)15(13)19-11-12(3)4/h7,9-10,12H,5-6,8,11H2,1-4H3. The highest BCUT2D eigenvalue weighted by Crippen LogP contribution is 2.26. The first-order valence-electron chi connectivity index (χ1n) is 7.01. The first kappa shape index (κ1) is 15.5. The maximum atomic E-state index is 12.0. The number of hydrogen-bond acceptors (Lipinski definition) is 3. The maximum absolute atomic E-state index is 12.0. The highest BCUT2D eigenvalue weighted by atomic mass is 16.5. The van der Waals surface area contributed by atoms with E-state index in [9.17, 15) is 4.79 Å². The zero-order valence-electron chi connectivity index (χ0n) is 12.4. The Balaban J connectivity index is 3.06. The molecule has 0 N–H and O–H groups in total. The van der Waals surface area contributed by atoms with Crippen molar-refractivity contribution in [3.63, 3.8) is 0 Å². The van der Waals surface area contributed by atoms with Gasteiger partial charge in [0.2, 0.25) is 0 Å². The molecule has 0 bridgehead atoms. The number of rotatable bonds is 7. The Morgan fingerprint density at radius 3 is 2.58 bits per heavy atom. The van der Waals surface area contributed by atoms with Crippen molar-refractivity contribution in [1.29, 1.82) is 0 Å². The molecule has 3 nitrogen and oxygen atoms in total. The molecule has 0 atom stereocenters. The highest BCUT2D eigenvalue weighted by molar-refractivity contribution is 5.93. The van der Waals surface area contributed by atoms with E-state index in [1.165, 1.54) is 0 Å². The van der Waals surface area contributed by atoms with E-state index >= 15 is 0 Å². The number of benzene rings is 1. The van der Waals surface area contributed by atoms with Crippen molar-refractivity contribution in [2.75, 3.05) is 13.2 Å². The van der Waals surface area contributed by atoms with Gasteiger partial charge < -0.3 is 9.47 Å². The van der Waals surface area contributed by atoms with Crippen molar-refractivity contribution in [2.24, 2.45) is 5.92 Å². The van der Waals surface area contributed by atoms with Crippen LogP contribution in [0.1, 0.15) is 50.0 Å². The Morgan fingerprint density at radius 2 is 2.00 bits per heavy atom. The smallest absolute Gasteiger partial charge is 0.341 e. The molecule has 0 saturated heterocycles. The van der Waals surface area contributed by atoms with Crippen LogP contribution in [0.25, 0.3) is 0 Å². The SMILES string of the molecule is CCCc1cccc(C(=O)OCC)c1OCC(C)C. The number of para-hydroxylation sites is 1. The predicted molar refractivity (Wildman–Crippen MR) is 76.7 cm³/mol. The van der Waals surface area contributed by atoms with Crippen LogP contribution in [0.15, 0.2) is 18.2 Å². The van der Waals surface area contributed by atoms with E-state index in [-0.39, 0.29) is 5.97 Å².